The first-order valence-electron chi connectivity index (χ1n) is 8.58. The van der Waals surface area contributed by atoms with Gasteiger partial charge in [-0.15, -0.1) is 11.3 Å². The molecule has 0 saturated heterocycles. The minimum atomic E-state index is -0.168. The number of amides is 1. The fourth-order valence-corrected chi connectivity index (χ4v) is 3.25. The van der Waals surface area contributed by atoms with Gasteiger partial charge in [0.2, 0.25) is 0 Å². The van der Waals surface area contributed by atoms with Gasteiger partial charge in [-0.1, -0.05) is 25.5 Å². The van der Waals surface area contributed by atoms with E-state index in [1.54, 1.807) is 12.4 Å². The summed E-state index contributed by atoms with van der Waals surface area (Å²) in [5.41, 5.74) is 3.08. The molecule has 134 valence electrons. The highest BCUT2D eigenvalue weighted by molar-refractivity contribution is 7.13. The van der Waals surface area contributed by atoms with E-state index in [4.69, 9.17) is 4.74 Å². The number of benzene rings is 1. The van der Waals surface area contributed by atoms with Gasteiger partial charge in [-0.2, -0.15) is 0 Å². The summed E-state index contributed by atoms with van der Waals surface area (Å²) in [6.07, 6.45) is 5.67. The average Bonchev–Trinajstić information content (AvgIpc) is 3.16. The third-order valence-electron chi connectivity index (χ3n) is 3.76. The fourth-order valence-electron chi connectivity index (χ4n) is 2.44. The number of ether oxygens (including phenoxy) is 1. The number of hydrogen-bond donors (Lipinski definition) is 1. The molecule has 0 bridgehead atoms. The van der Waals surface area contributed by atoms with Crippen LogP contribution in [0, 0.1) is 0 Å². The van der Waals surface area contributed by atoms with E-state index in [2.05, 4.69) is 22.2 Å². The summed E-state index contributed by atoms with van der Waals surface area (Å²) >= 11 is 1.54. The zero-order chi connectivity index (χ0) is 18.2. The summed E-state index contributed by atoms with van der Waals surface area (Å²) in [6.45, 7) is 2.53. The molecule has 0 aliphatic carbocycles. The smallest absolute Gasteiger partial charge is 0.258 e. The molecule has 3 aromatic rings. The topological polar surface area (TPSA) is 64.1 Å². The van der Waals surface area contributed by atoms with Gasteiger partial charge < -0.3 is 10.1 Å². The molecule has 0 aliphatic rings. The first kappa shape index (κ1) is 18.1. The number of rotatable bonds is 8. The molecule has 0 aliphatic heterocycles. The predicted octanol–water partition coefficient (Wildman–Crippen LogP) is 3.85. The molecular formula is C20H21N3O2S. The maximum absolute atomic E-state index is 12.0. The molecule has 1 N–H and O–H groups in total. The van der Waals surface area contributed by atoms with Crippen molar-refractivity contribution in [2.45, 2.75) is 26.3 Å². The van der Waals surface area contributed by atoms with E-state index in [0.29, 0.717) is 12.3 Å². The lowest BCUT2D eigenvalue weighted by Crippen LogP contribution is -2.28. The maximum Gasteiger partial charge on any atom is 0.258 e. The zero-order valence-electron chi connectivity index (χ0n) is 14.6. The van der Waals surface area contributed by atoms with Crippen molar-refractivity contribution in [3.63, 3.8) is 0 Å². The van der Waals surface area contributed by atoms with Gasteiger partial charge in [0.25, 0.3) is 5.91 Å². The summed E-state index contributed by atoms with van der Waals surface area (Å²) in [5, 5.41) is 5.66. The molecule has 1 amide bonds. The third-order valence-corrected chi connectivity index (χ3v) is 4.70. The van der Waals surface area contributed by atoms with Crippen LogP contribution in [-0.2, 0) is 17.8 Å². The van der Waals surface area contributed by atoms with Crippen molar-refractivity contribution < 1.29 is 9.53 Å². The van der Waals surface area contributed by atoms with Crippen LogP contribution in [0.3, 0.4) is 0 Å². The Balaban J connectivity index is 1.45. The molecule has 0 radical (unpaired) electrons. The average molecular weight is 367 g/mol. The molecule has 2 aromatic heterocycles. The van der Waals surface area contributed by atoms with Crippen LogP contribution >= 0.6 is 11.3 Å². The van der Waals surface area contributed by atoms with Gasteiger partial charge in [0, 0.05) is 23.3 Å². The van der Waals surface area contributed by atoms with E-state index >= 15 is 0 Å². The Kier molecular flexibility index (Phi) is 6.33. The van der Waals surface area contributed by atoms with Gasteiger partial charge in [-0.25, -0.2) is 4.98 Å². The van der Waals surface area contributed by atoms with E-state index < -0.39 is 0 Å². The molecule has 3 rings (SSSR count). The van der Waals surface area contributed by atoms with Crippen LogP contribution in [0.25, 0.3) is 10.6 Å². The molecule has 0 atom stereocenters. The van der Waals surface area contributed by atoms with Gasteiger partial charge in [0.1, 0.15) is 10.8 Å². The van der Waals surface area contributed by atoms with Gasteiger partial charge in [-0.3, -0.25) is 9.78 Å². The standard InChI is InChI=1S/C20H21N3O2S/c1-2-4-15-6-8-18(9-7-15)25-13-19(24)22-12-17-14-26-20(23-17)16-5-3-10-21-11-16/h3,5-11,14H,2,4,12-13H2,1H3,(H,22,24). The Morgan fingerprint density at radius 3 is 2.81 bits per heavy atom. The van der Waals surface area contributed by atoms with Crippen LogP contribution < -0.4 is 10.1 Å². The number of carbonyl (C=O) groups excluding carboxylic acids is 1. The Labute approximate surface area is 157 Å². The molecule has 0 fully saturated rings. The van der Waals surface area contributed by atoms with Crippen LogP contribution in [0.15, 0.2) is 54.2 Å². The first-order chi connectivity index (χ1) is 12.7. The minimum absolute atomic E-state index is 0.00722. The lowest BCUT2D eigenvalue weighted by atomic mass is 10.1. The molecule has 1 aromatic carbocycles. The van der Waals surface area contributed by atoms with E-state index in [1.165, 1.54) is 16.9 Å². The van der Waals surface area contributed by atoms with Crippen LogP contribution in [0.2, 0.25) is 0 Å². The van der Waals surface area contributed by atoms with Crippen molar-refractivity contribution in [3.8, 4) is 16.3 Å². The predicted molar refractivity (Wildman–Crippen MR) is 103 cm³/mol. The van der Waals surface area contributed by atoms with Crippen molar-refractivity contribution in [1.29, 1.82) is 0 Å². The molecule has 26 heavy (non-hydrogen) atoms. The molecular weight excluding hydrogens is 346 g/mol. The van der Waals surface area contributed by atoms with Crippen LogP contribution in [-0.4, -0.2) is 22.5 Å². The Morgan fingerprint density at radius 2 is 2.08 bits per heavy atom. The third kappa shape index (κ3) is 5.13. The Bertz CT molecular complexity index is 832. The summed E-state index contributed by atoms with van der Waals surface area (Å²) in [5.74, 6) is 0.533. The van der Waals surface area contributed by atoms with Gasteiger partial charge in [0.05, 0.1) is 12.2 Å². The quantitative estimate of drug-likeness (QED) is 0.657. The van der Waals surface area contributed by atoms with Crippen LogP contribution in [0.5, 0.6) is 5.75 Å². The van der Waals surface area contributed by atoms with Crippen molar-refractivity contribution in [1.82, 2.24) is 15.3 Å². The van der Waals surface area contributed by atoms with Gasteiger partial charge >= 0.3 is 0 Å². The number of carbonyl (C=O) groups is 1. The number of thiazole rings is 1. The molecule has 0 spiro atoms. The van der Waals surface area contributed by atoms with Crippen LogP contribution in [0.4, 0.5) is 0 Å². The lowest BCUT2D eigenvalue weighted by molar-refractivity contribution is -0.123. The highest BCUT2D eigenvalue weighted by atomic mass is 32.1. The van der Waals surface area contributed by atoms with Gasteiger partial charge in [0.15, 0.2) is 6.61 Å². The first-order valence-corrected chi connectivity index (χ1v) is 9.46. The highest BCUT2D eigenvalue weighted by Gasteiger charge is 2.07. The summed E-state index contributed by atoms with van der Waals surface area (Å²) in [7, 11) is 0. The maximum atomic E-state index is 12.0. The zero-order valence-corrected chi connectivity index (χ0v) is 15.5. The normalized spacial score (nSPS) is 10.5. The lowest BCUT2D eigenvalue weighted by Gasteiger charge is -2.07. The van der Waals surface area contributed by atoms with Crippen molar-refractivity contribution in [2.75, 3.05) is 6.61 Å². The monoisotopic (exact) mass is 367 g/mol. The Hall–Kier alpha value is -2.73. The number of nitrogens with zero attached hydrogens (tertiary/aromatic N) is 2. The molecule has 0 saturated carbocycles. The number of pyridine rings is 1. The second-order valence-electron chi connectivity index (χ2n) is 5.85. The fraction of sp³-hybridized carbons (Fsp3) is 0.250. The number of hydrogen-bond acceptors (Lipinski definition) is 5. The second kappa shape index (κ2) is 9.10. The molecule has 6 heteroatoms. The second-order valence-corrected chi connectivity index (χ2v) is 6.70. The minimum Gasteiger partial charge on any atom is -0.484 e. The summed E-state index contributed by atoms with van der Waals surface area (Å²) in [4.78, 5) is 20.6. The highest BCUT2D eigenvalue weighted by Crippen LogP contribution is 2.22. The number of nitrogens with one attached hydrogen (secondary N) is 1. The van der Waals surface area contributed by atoms with Gasteiger partial charge in [-0.05, 0) is 36.2 Å². The van der Waals surface area contributed by atoms with E-state index in [0.717, 1.165) is 29.1 Å². The van der Waals surface area contributed by atoms with Crippen molar-refractivity contribution >= 4 is 17.2 Å². The summed E-state index contributed by atoms with van der Waals surface area (Å²) < 4.78 is 5.53. The van der Waals surface area contributed by atoms with E-state index in [9.17, 15) is 4.79 Å². The van der Waals surface area contributed by atoms with E-state index in [1.807, 2.05) is 41.8 Å². The van der Waals surface area contributed by atoms with Crippen molar-refractivity contribution in [3.05, 3.63) is 65.4 Å². The van der Waals surface area contributed by atoms with Crippen molar-refractivity contribution in [2.24, 2.45) is 0 Å². The molecule has 0 unspecified atom stereocenters. The largest absolute Gasteiger partial charge is 0.484 e. The molecule has 5 nitrogen and oxygen atoms in total. The molecule has 2 heterocycles. The Morgan fingerprint density at radius 1 is 1.23 bits per heavy atom. The SMILES string of the molecule is CCCc1ccc(OCC(=O)NCc2csc(-c3cccnc3)n2)cc1. The number of aromatic nitrogens is 2. The van der Waals surface area contributed by atoms with Crippen LogP contribution in [0.1, 0.15) is 24.6 Å². The number of aryl methyl sites for hydroxylation is 1. The van der Waals surface area contributed by atoms with E-state index in [-0.39, 0.29) is 12.5 Å². The summed E-state index contributed by atoms with van der Waals surface area (Å²) in [6, 6.07) is 11.7.